The fourth-order valence-electron chi connectivity index (χ4n) is 0.908. The van der Waals surface area contributed by atoms with Crippen LogP contribution in [0.15, 0.2) is 0 Å². The summed E-state index contributed by atoms with van der Waals surface area (Å²) in [6.45, 7) is 0.401. The van der Waals surface area contributed by atoms with E-state index in [0.717, 1.165) is 0 Å². The minimum Gasteiger partial charge on any atom is -0.294 e. The van der Waals surface area contributed by atoms with Crippen molar-refractivity contribution in [3.63, 3.8) is 0 Å². The van der Waals surface area contributed by atoms with Crippen LogP contribution in [0, 0.1) is 11.3 Å². The summed E-state index contributed by atoms with van der Waals surface area (Å²) in [6, 6.07) is 1.87. The Labute approximate surface area is 63.6 Å². The summed E-state index contributed by atoms with van der Waals surface area (Å²) in [5.41, 5.74) is 0. The number of nitriles is 1. The van der Waals surface area contributed by atoms with Gasteiger partial charge >= 0.3 is 0 Å². The lowest BCUT2D eigenvalue weighted by atomic mass is 10.3. The van der Waals surface area contributed by atoms with E-state index in [1.807, 2.05) is 6.07 Å². The van der Waals surface area contributed by atoms with Gasteiger partial charge in [0.05, 0.1) is 25.7 Å². The molecular weight excluding hydrogens is 146 g/mol. The number of hydrogen-bond acceptors (Lipinski definition) is 4. The van der Waals surface area contributed by atoms with E-state index in [0.29, 0.717) is 0 Å². The van der Waals surface area contributed by atoms with E-state index in [2.05, 4.69) is 5.32 Å². The SMILES string of the molecule is N#CCN1CC(=O)NC(=O)C1. The van der Waals surface area contributed by atoms with Gasteiger partial charge in [0.15, 0.2) is 0 Å². The van der Waals surface area contributed by atoms with Crippen LogP contribution in [0.2, 0.25) is 0 Å². The molecule has 1 rings (SSSR count). The Bertz CT molecular complexity index is 214. The Morgan fingerprint density at radius 1 is 1.45 bits per heavy atom. The first kappa shape index (κ1) is 7.69. The lowest BCUT2D eigenvalue weighted by molar-refractivity contribution is -0.135. The molecule has 0 radical (unpaired) electrons. The summed E-state index contributed by atoms with van der Waals surface area (Å²) in [6.07, 6.45) is 0. The van der Waals surface area contributed by atoms with Gasteiger partial charge in [-0.25, -0.2) is 0 Å². The first-order chi connectivity index (χ1) is 5.22. The van der Waals surface area contributed by atoms with Crippen LogP contribution in [-0.4, -0.2) is 36.3 Å². The molecule has 5 nitrogen and oxygen atoms in total. The first-order valence-electron chi connectivity index (χ1n) is 3.14. The van der Waals surface area contributed by atoms with Crippen molar-refractivity contribution in [2.75, 3.05) is 19.6 Å². The van der Waals surface area contributed by atoms with E-state index in [-0.39, 0.29) is 31.4 Å². The fourth-order valence-corrected chi connectivity index (χ4v) is 0.908. The molecular formula is C6H7N3O2. The van der Waals surface area contributed by atoms with Crippen LogP contribution in [0.3, 0.4) is 0 Å². The molecule has 1 heterocycles. The third-order valence-corrected chi connectivity index (χ3v) is 1.31. The van der Waals surface area contributed by atoms with E-state index in [4.69, 9.17) is 5.26 Å². The topological polar surface area (TPSA) is 73.2 Å². The molecule has 1 fully saturated rings. The number of nitrogens with one attached hydrogen (secondary N) is 1. The highest BCUT2D eigenvalue weighted by molar-refractivity contribution is 5.99. The molecule has 0 aliphatic carbocycles. The monoisotopic (exact) mass is 153 g/mol. The van der Waals surface area contributed by atoms with Crippen LogP contribution in [0.1, 0.15) is 0 Å². The van der Waals surface area contributed by atoms with Crippen LogP contribution in [-0.2, 0) is 9.59 Å². The van der Waals surface area contributed by atoms with E-state index in [1.54, 1.807) is 0 Å². The van der Waals surface area contributed by atoms with Crippen molar-refractivity contribution in [2.45, 2.75) is 0 Å². The molecule has 0 bridgehead atoms. The van der Waals surface area contributed by atoms with Crippen LogP contribution >= 0.6 is 0 Å². The summed E-state index contributed by atoms with van der Waals surface area (Å²) in [5, 5.41) is 10.4. The lowest BCUT2D eigenvalue weighted by Crippen LogP contribution is -2.51. The minimum absolute atomic E-state index is 0.124. The number of imide groups is 1. The number of hydrogen-bond donors (Lipinski definition) is 1. The van der Waals surface area contributed by atoms with Crippen molar-refractivity contribution >= 4 is 11.8 Å². The van der Waals surface area contributed by atoms with Crippen LogP contribution in [0.25, 0.3) is 0 Å². The molecule has 0 unspecified atom stereocenters. The van der Waals surface area contributed by atoms with Gasteiger partial charge in [-0.3, -0.25) is 19.8 Å². The largest absolute Gasteiger partial charge is 0.294 e. The van der Waals surface area contributed by atoms with Crippen molar-refractivity contribution in [3.05, 3.63) is 0 Å². The van der Waals surface area contributed by atoms with Crippen LogP contribution in [0.5, 0.6) is 0 Å². The zero-order valence-electron chi connectivity index (χ0n) is 5.83. The van der Waals surface area contributed by atoms with Gasteiger partial charge in [0.2, 0.25) is 11.8 Å². The Morgan fingerprint density at radius 3 is 2.45 bits per heavy atom. The Kier molecular flexibility index (Phi) is 2.18. The maximum Gasteiger partial charge on any atom is 0.240 e. The van der Waals surface area contributed by atoms with Gasteiger partial charge in [-0.2, -0.15) is 5.26 Å². The zero-order valence-corrected chi connectivity index (χ0v) is 5.83. The quantitative estimate of drug-likeness (QED) is 0.366. The summed E-state index contributed by atoms with van der Waals surface area (Å²) in [5.74, 6) is -0.673. The molecule has 0 aromatic carbocycles. The summed E-state index contributed by atoms with van der Waals surface area (Å²) < 4.78 is 0. The number of nitrogens with zero attached hydrogens (tertiary/aromatic N) is 2. The minimum atomic E-state index is -0.337. The number of carbonyl (C=O) groups is 2. The molecule has 1 N–H and O–H groups in total. The maximum atomic E-state index is 10.7. The lowest BCUT2D eigenvalue weighted by Gasteiger charge is -2.21. The zero-order chi connectivity index (χ0) is 8.27. The molecule has 0 spiro atoms. The van der Waals surface area contributed by atoms with E-state index < -0.39 is 0 Å². The van der Waals surface area contributed by atoms with E-state index >= 15 is 0 Å². The predicted octanol–water partition coefficient (Wildman–Crippen LogP) is -1.53. The number of amides is 2. The second-order valence-corrected chi connectivity index (χ2v) is 2.27. The van der Waals surface area contributed by atoms with Crippen molar-refractivity contribution in [3.8, 4) is 6.07 Å². The van der Waals surface area contributed by atoms with Crippen LogP contribution in [0.4, 0.5) is 0 Å². The molecule has 1 saturated heterocycles. The number of carbonyl (C=O) groups excluding carboxylic acids is 2. The molecule has 0 atom stereocenters. The average Bonchev–Trinajstić information content (AvgIpc) is 1.85. The molecule has 1 aliphatic rings. The van der Waals surface area contributed by atoms with E-state index in [1.165, 1.54) is 4.90 Å². The van der Waals surface area contributed by atoms with E-state index in [9.17, 15) is 9.59 Å². The first-order valence-corrected chi connectivity index (χ1v) is 3.14. The third-order valence-electron chi connectivity index (χ3n) is 1.31. The second-order valence-electron chi connectivity index (χ2n) is 2.27. The summed E-state index contributed by atoms with van der Waals surface area (Å²) >= 11 is 0. The molecule has 1 aliphatic heterocycles. The fraction of sp³-hybridized carbons (Fsp3) is 0.500. The van der Waals surface area contributed by atoms with Gasteiger partial charge in [0, 0.05) is 0 Å². The van der Waals surface area contributed by atoms with Gasteiger partial charge in [-0.1, -0.05) is 0 Å². The Morgan fingerprint density at radius 2 is 2.00 bits per heavy atom. The molecule has 11 heavy (non-hydrogen) atoms. The standard InChI is InChI=1S/C6H7N3O2/c7-1-2-9-3-5(10)8-6(11)4-9/h2-4H2,(H,8,10,11). The Balaban J connectivity index is 2.51. The smallest absolute Gasteiger partial charge is 0.240 e. The molecule has 5 heteroatoms. The van der Waals surface area contributed by atoms with Gasteiger partial charge < -0.3 is 0 Å². The van der Waals surface area contributed by atoms with Crippen molar-refractivity contribution in [1.29, 1.82) is 5.26 Å². The second kappa shape index (κ2) is 3.12. The Hall–Kier alpha value is -1.41. The number of piperazine rings is 1. The highest BCUT2D eigenvalue weighted by Gasteiger charge is 2.21. The van der Waals surface area contributed by atoms with Gasteiger partial charge in [0.25, 0.3) is 0 Å². The summed E-state index contributed by atoms with van der Waals surface area (Å²) in [7, 11) is 0. The maximum absolute atomic E-state index is 10.7. The third kappa shape index (κ3) is 2.02. The predicted molar refractivity (Wildman–Crippen MR) is 35.2 cm³/mol. The van der Waals surface area contributed by atoms with Crippen LogP contribution < -0.4 is 5.32 Å². The molecule has 0 aromatic heterocycles. The molecule has 0 saturated carbocycles. The van der Waals surface area contributed by atoms with Crippen molar-refractivity contribution < 1.29 is 9.59 Å². The summed E-state index contributed by atoms with van der Waals surface area (Å²) in [4.78, 5) is 22.8. The highest BCUT2D eigenvalue weighted by atomic mass is 16.2. The molecule has 0 aromatic rings. The number of rotatable bonds is 1. The highest BCUT2D eigenvalue weighted by Crippen LogP contribution is 1.92. The normalized spacial score (nSPS) is 19.2. The average molecular weight is 153 g/mol. The van der Waals surface area contributed by atoms with Crippen molar-refractivity contribution in [1.82, 2.24) is 10.2 Å². The molecule has 58 valence electrons. The van der Waals surface area contributed by atoms with Gasteiger partial charge in [-0.15, -0.1) is 0 Å². The van der Waals surface area contributed by atoms with Gasteiger partial charge in [0.1, 0.15) is 0 Å². The molecule has 2 amide bonds. The van der Waals surface area contributed by atoms with Gasteiger partial charge in [-0.05, 0) is 0 Å². The van der Waals surface area contributed by atoms with Crippen molar-refractivity contribution in [2.24, 2.45) is 0 Å².